The molecule has 2 aromatic carbocycles. The summed E-state index contributed by atoms with van der Waals surface area (Å²) in [6, 6.07) is 20.8. The summed E-state index contributed by atoms with van der Waals surface area (Å²) in [5.74, 6) is -0.790. The third-order valence-corrected chi connectivity index (χ3v) is 5.62. The van der Waals surface area contributed by atoms with Crippen molar-refractivity contribution >= 4 is 11.9 Å². The number of hydrogen-bond donors (Lipinski definition) is 0. The molecule has 1 aliphatic heterocycles. The summed E-state index contributed by atoms with van der Waals surface area (Å²) in [4.78, 5) is 32.9. The van der Waals surface area contributed by atoms with E-state index in [2.05, 4.69) is 4.98 Å². The molecule has 2 heterocycles. The van der Waals surface area contributed by atoms with Crippen molar-refractivity contribution in [3.8, 4) is 0 Å². The van der Waals surface area contributed by atoms with Crippen LogP contribution in [-0.4, -0.2) is 28.4 Å². The predicted molar refractivity (Wildman–Crippen MR) is 113 cm³/mol. The number of carbonyl (C=O) groups excluding carboxylic acids is 2. The summed E-state index contributed by atoms with van der Waals surface area (Å²) in [7, 11) is 0. The predicted octanol–water partition coefficient (Wildman–Crippen LogP) is 3.97. The highest BCUT2D eigenvalue weighted by Crippen LogP contribution is 2.53. The van der Waals surface area contributed by atoms with E-state index in [-0.39, 0.29) is 12.5 Å². The molecule has 0 unspecified atom stereocenters. The number of aromatic nitrogens is 1. The van der Waals surface area contributed by atoms with Crippen molar-refractivity contribution in [2.45, 2.75) is 31.8 Å². The Labute approximate surface area is 176 Å². The highest BCUT2D eigenvalue weighted by Gasteiger charge is 2.68. The van der Waals surface area contributed by atoms with Gasteiger partial charge in [-0.2, -0.15) is 0 Å². The van der Waals surface area contributed by atoms with E-state index in [1.54, 1.807) is 36.4 Å². The van der Waals surface area contributed by atoms with Gasteiger partial charge in [-0.1, -0.05) is 66.2 Å². The molecule has 2 atom stereocenters. The fourth-order valence-corrected chi connectivity index (χ4v) is 4.19. The number of benzene rings is 2. The molecule has 3 aromatic rings. The van der Waals surface area contributed by atoms with E-state index in [1.807, 2.05) is 61.5 Å². The summed E-state index contributed by atoms with van der Waals surface area (Å²) in [5, 5.41) is 0. The van der Waals surface area contributed by atoms with Gasteiger partial charge in [0.2, 0.25) is 5.91 Å². The molecule has 0 radical (unpaired) electrons. The summed E-state index contributed by atoms with van der Waals surface area (Å²) in [6.45, 7) is 4.38. The molecule has 0 N–H and O–H groups in total. The molecular formula is C25H24N2O3. The maximum atomic E-state index is 13.7. The molecule has 0 aliphatic carbocycles. The van der Waals surface area contributed by atoms with Gasteiger partial charge in [-0.15, -0.1) is 0 Å². The standard InChI is InChI=1S/C25H24N2O3/c1-3-30-24(29)25(21-10-7-15-26-16-21)22(20-13-11-18(2)12-14-20)27(23(25)28)17-19-8-5-4-6-9-19/h4-16,22H,3,17H2,1-2H3/t22-,25+/m0/s1. The number of esters is 1. The quantitative estimate of drug-likeness (QED) is 0.357. The Balaban J connectivity index is 1.85. The Morgan fingerprint density at radius 1 is 1.07 bits per heavy atom. The number of pyridine rings is 1. The van der Waals surface area contributed by atoms with Gasteiger partial charge >= 0.3 is 5.97 Å². The number of β-lactam (4-membered cyclic amide) rings is 1. The average Bonchev–Trinajstić information content (AvgIpc) is 2.78. The van der Waals surface area contributed by atoms with E-state index in [0.717, 1.165) is 16.7 Å². The maximum Gasteiger partial charge on any atom is 0.328 e. The molecular weight excluding hydrogens is 376 g/mol. The van der Waals surface area contributed by atoms with Crippen LogP contribution in [0.4, 0.5) is 0 Å². The zero-order valence-electron chi connectivity index (χ0n) is 17.1. The van der Waals surface area contributed by atoms with Crippen molar-refractivity contribution in [1.29, 1.82) is 0 Å². The second kappa shape index (κ2) is 8.11. The molecule has 1 saturated heterocycles. The average molecular weight is 400 g/mol. The van der Waals surface area contributed by atoms with Gasteiger partial charge in [0.15, 0.2) is 5.41 Å². The minimum atomic E-state index is -1.44. The Kier molecular flexibility index (Phi) is 5.36. The number of carbonyl (C=O) groups is 2. The van der Waals surface area contributed by atoms with Crippen molar-refractivity contribution in [1.82, 2.24) is 9.88 Å². The van der Waals surface area contributed by atoms with Crippen LogP contribution in [0.3, 0.4) is 0 Å². The monoisotopic (exact) mass is 400 g/mol. The summed E-state index contributed by atoms with van der Waals surface area (Å²) >= 11 is 0. The molecule has 0 spiro atoms. The minimum absolute atomic E-state index is 0.202. The molecule has 0 saturated carbocycles. The number of amides is 1. The summed E-state index contributed by atoms with van der Waals surface area (Å²) in [6.07, 6.45) is 3.23. The van der Waals surface area contributed by atoms with Gasteiger partial charge in [-0.3, -0.25) is 14.6 Å². The van der Waals surface area contributed by atoms with Gasteiger partial charge in [0.25, 0.3) is 0 Å². The second-order valence-corrected chi connectivity index (χ2v) is 7.50. The van der Waals surface area contributed by atoms with Crippen LogP contribution >= 0.6 is 0 Å². The lowest BCUT2D eigenvalue weighted by Crippen LogP contribution is -2.69. The van der Waals surface area contributed by atoms with Crippen molar-refractivity contribution in [3.05, 3.63) is 101 Å². The number of ether oxygens (including phenoxy) is 1. The molecule has 5 nitrogen and oxygen atoms in total. The fraction of sp³-hybridized carbons (Fsp3) is 0.240. The molecule has 5 heteroatoms. The molecule has 1 aliphatic rings. The van der Waals surface area contributed by atoms with E-state index >= 15 is 0 Å². The highest BCUT2D eigenvalue weighted by molar-refractivity contribution is 6.14. The number of rotatable bonds is 6. The van der Waals surface area contributed by atoms with Gasteiger partial charge < -0.3 is 9.64 Å². The van der Waals surface area contributed by atoms with E-state index in [4.69, 9.17) is 4.74 Å². The minimum Gasteiger partial charge on any atom is -0.465 e. The first kappa shape index (κ1) is 19.8. The zero-order chi connectivity index (χ0) is 21.1. The first-order valence-electron chi connectivity index (χ1n) is 10.1. The van der Waals surface area contributed by atoms with Crippen molar-refractivity contribution in [3.63, 3.8) is 0 Å². The lowest BCUT2D eigenvalue weighted by Gasteiger charge is -2.54. The van der Waals surface area contributed by atoms with Gasteiger partial charge in [-0.05, 0) is 36.6 Å². The van der Waals surface area contributed by atoms with Gasteiger partial charge in [0.1, 0.15) is 0 Å². The number of hydrogen-bond acceptors (Lipinski definition) is 4. The zero-order valence-corrected chi connectivity index (χ0v) is 17.1. The Morgan fingerprint density at radius 3 is 2.43 bits per heavy atom. The first-order valence-corrected chi connectivity index (χ1v) is 10.1. The van der Waals surface area contributed by atoms with Gasteiger partial charge in [0, 0.05) is 18.9 Å². The molecule has 4 rings (SSSR count). The SMILES string of the molecule is CCOC(=O)[C@@]1(c2cccnc2)C(=O)N(Cc2ccccc2)[C@H]1c1ccc(C)cc1. The Hall–Kier alpha value is -3.47. The van der Waals surface area contributed by atoms with Crippen LogP contribution in [0, 0.1) is 6.92 Å². The van der Waals surface area contributed by atoms with Crippen LogP contribution < -0.4 is 0 Å². The van der Waals surface area contributed by atoms with E-state index in [1.165, 1.54) is 0 Å². The maximum absolute atomic E-state index is 13.7. The van der Waals surface area contributed by atoms with Crippen LogP contribution in [-0.2, 0) is 26.3 Å². The van der Waals surface area contributed by atoms with Crippen molar-refractivity contribution in [2.75, 3.05) is 6.61 Å². The molecule has 30 heavy (non-hydrogen) atoms. The van der Waals surface area contributed by atoms with Crippen LogP contribution in [0.1, 0.15) is 35.2 Å². The molecule has 1 amide bonds. The first-order chi connectivity index (χ1) is 14.6. The fourth-order valence-electron chi connectivity index (χ4n) is 4.19. The number of nitrogens with zero attached hydrogens (tertiary/aromatic N) is 2. The molecule has 0 bridgehead atoms. The molecule has 152 valence electrons. The van der Waals surface area contributed by atoms with E-state index in [0.29, 0.717) is 12.1 Å². The summed E-state index contributed by atoms with van der Waals surface area (Å²) < 4.78 is 5.43. The van der Waals surface area contributed by atoms with Gasteiger partial charge in [-0.25, -0.2) is 0 Å². The molecule has 1 aromatic heterocycles. The third-order valence-electron chi connectivity index (χ3n) is 5.62. The van der Waals surface area contributed by atoms with E-state index < -0.39 is 17.4 Å². The number of aryl methyl sites for hydroxylation is 1. The topological polar surface area (TPSA) is 59.5 Å². The van der Waals surface area contributed by atoms with Crippen molar-refractivity contribution < 1.29 is 14.3 Å². The Bertz CT molecular complexity index is 1040. The van der Waals surface area contributed by atoms with Crippen LogP contribution in [0.25, 0.3) is 0 Å². The summed E-state index contributed by atoms with van der Waals surface area (Å²) in [5.41, 5.74) is 2.14. The second-order valence-electron chi connectivity index (χ2n) is 7.50. The van der Waals surface area contributed by atoms with Crippen LogP contribution in [0.2, 0.25) is 0 Å². The highest BCUT2D eigenvalue weighted by atomic mass is 16.5. The van der Waals surface area contributed by atoms with Gasteiger partial charge in [0.05, 0.1) is 12.6 Å². The van der Waals surface area contributed by atoms with E-state index in [9.17, 15) is 9.59 Å². The normalized spacial score (nSPS) is 20.5. The molecule has 1 fully saturated rings. The third kappa shape index (κ3) is 3.16. The van der Waals surface area contributed by atoms with Crippen LogP contribution in [0.15, 0.2) is 79.1 Å². The lowest BCUT2D eigenvalue weighted by molar-refractivity contribution is -0.180. The Morgan fingerprint density at radius 2 is 1.80 bits per heavy atom. The van der Waals surface area contributed by atoms with Crippen LogP contribution in [0.5, 0.6) is 0 Å². The smallest absolute Gasteiger partial charge is 0.328 e. The largest absolute Gasteiger partial charge is 0.465 e. The van der Waals surface area contributed by atoms with Crippen molar-refractivity contribution in [2.24, 2.45) is 0 Å². The lowest BCUT2D eigenvalue weighted by atomic mass is 9.63. The number of likely N-dealkylation sites (tertiary alicyclic amines) is 1.